The van der Waals surface area contributed by atoms with E-state index in [0.717, 1.165) is 24.2 Å². The number of anilines is 1. The van der Waals surface area contributed by atoms with Gasteiger partial charge in [0, 0.05) is 17.5 Å². The minimum Gasteiger partial charge on any atom is -0.353 e. The van der Waals surface area contributed by atoms with Crippen molar-refractivity contribution < 1.29 is 14.0 Å². The first-order valence-corrected chi connectivity index (χ1v) is 9.33. The summed E-state index contributed by atoms with van der Waals surface area (Å²) in [7, 11) is 0. The molecular weight excluding hydrogens is 351 g/mol. The first-order valence-electron chi connectivity index (χ1n) is 7.36. The van der Waals surface area contributed by atoms with Gasteiger partial charge in [-0.25, -0.2) is 4.39 Å². The molecule has 126 valence electrons. The Morgan fingerprint density at radius 2 is 2.17 bits per heavy atom. The first kappa shape index (κ1) is 16.8. The van der Waals surface area contributed by atoms with Gasteiger partial charge >= 0.3 is 0 Å². The summed E-state index contributed by atoms with van der Waals surface area (Å²) >= 11 is 2.59. The second-order valence-electron chi connectivity index (χ2n) is 5.30. The molecule has 0 spiro atoms. The Labute approximate surface area is 146 Å². The normalized spacial score (nSPS) is 13.5. The quantitative estimate of drug-likeness (QED) is 0.786. The highest BCUT2D eigenvalue weighted by Crippen LogP contribution is 2.20. The smallest absolute Gasteiger partial charge is 0.286 e. The molecule has 1 aromatic carbocycles. The fourth-order valence-electron chi connectivity index (χ4n) is 1.88. The molecule has 0 bridgehead atoms. The highest BCUT2D eigenvalue weighted by molar-refractivity contribution is 7.99. The van der Waals surface area contributed by atoms with Crippen LogP contribution >= 0.6 is 23.1 Å². The summed E-state index contributed by atoms with van der Waals surface area (Å²) in [5.74, 6) is 0.0488. The largest absolute Gasteiger partial charge is 0.353 e. The van der Waals surface area contributed by atoms with E-state index in [1.165, 1.54) is 30.0 Å². The summed E-state index contributed by atoms with van der Waals surface area (Å²) in [4.78, 5) is 23.6. The van der Waals surface area contributed by atoms with Gasteiger partial charge in [-0.15, -0.1) is 22.0 Å². The Bertz CT molecular complexity index is 749. The molecule has 2 aromatic rings. The van der Waals surface area contributed by atoms with Gasteiger partial charge < -0.3 is 10.6 Å². The van der Waals surface area contributed by atoms with E-state index in [-0.39, 0.29) is 10.9 Å². The summed E-state index contributed by atoms with van der Waals surface area (Å²) in [5, 5.41) is 14.1. The predicted octanol–water partition coefficient (Wildman–Crippen LogP) is 2.44. The Hall–Kier alpha value is -2.00. The lowest BCUT2D eigenvalue weighted by Crippen LogP contribution is -2.27. The minimum absolute atomic E-state index is 0.0242. The lowest BCUT2D eigenvalue weighted by Gasteiger charge is -2.02. The molecular formula is C15H15FN4O2S2. The van der Waals surface area contributed by atoms with Crippen LogP contribution in [0.15, 0.2) is 24.3 Å². The van der Waals surface area contributed by atoms with Crippen molar-refractivity contribution in [1.82, 2.24) is 15.5 Å². The third-order valence-electron chi connectivity index (χ3n) is 3.14. The van der Waals surface area contributed by atoms with Crippen molar-refractivity contribution in [2.24, 2.45) is 0 Å². The van der Waals surface area contributed by atoms with Gasteiger partial charge in [0.2, 0.25) is 10.9 Å². The first-order chi connectivity index (χ1) is 11.6. The Balaban J connectivity index is 1.47. The number of amides is 2. The van der Waals surface area contributed by atoms with Crippen LogP contribution in [-0.2, 0) is 10.5 Å². The second-order valence-corrected chi connectivity index (χ2v) is 7.35. The van der Waals surface area contributed by atoms with Crippen LogP contribution in [0.25, 0.3) is 0 Å². The number of carbonyl (C=O) groups is 2. The lowest BCUT2D eigenvalue weighted by molar-refractivity contribution is -0.118. The Morgan fingerprint density at radius 3 is 2.92 bits per heavy atom. The third kappa shape index (κ3) is 5.00. The molecule has 1 aliphatic rings. The predicted molar refractivity (Wildman–Crippen MR) is 91.6 cm³/mol. The van der Waals surface area contributed by atoms with Crippen LogP contribution in [0.1, 0.15) is 27.7 Å². The maximum Gasteiger partial charge on any atom is 0.286 e. The van der Waals surface area contributed by atoms with Gasteiger partial charge in [0.05, 0.1) is 5.75 Å². The average Bonchev–Trinajstić information content (AvgIpc) is 3.22. The maximum absolute atomic E-state index is 13.1. The molecule has 9 heteroatoms. The summed E-state index contributed by atoms with van der Waals surface area (Å²) in [6.45, 7) is 0. The van der Waals surface area contributed by atoms with Crippen LogP contribution in [0, 0.1) is 5.82 Å². The van der Waals surface area contributed by atoms with Crippen LogP contribution in [-0.4, -0.2) is 33.8 Å². The fourth-order valence-corrected chi connectivity index (χ4v) is 3.50. The summed E-state index contributed by atoms with van der Waals surface area (Å²) in [5.41, 5.74) is 0.364. The molecule has 0 atom stereocenters. The lowest BCUT2D eigenvalue weighted by atomic mass is 10.3. The number of nitrogens with zero attached hydrogens (tertiary/aromatic N) is 2. The van der Waals surface area contributed by atoms with Crippen molar-refractivity contribution in [3.05, 3.63) is 40.1 Å². The molecule has 2 amide bonds. The van der Waals surface area contributed by atoms with E-state index in [9.17, 15) is 14.0 Å². The number of hydrogen-bond donors (Lipinski definition) is 2. The van der Waals surface area contributed by atoms with Crippen LogP contribution in [0.2, 0.25) is 0 Å². The van der Waals surface area contributed by atoms with E-state index < -0.39 is 11.7 Å². The molecule has 0 radical (unpaired) electrons. The summed E-state index contributed by atoms with van der Waals surface area (Å²) in [6.07, 6.45) is 2.13. The molecule has 0 unspecified atom stereocenters. The Morgan fingerprint density at radius 1 is 1.33 bits per heavy atom. The molecule has 1 heterocycles. The number of halogens is 1. The summed E-state index contributed by atoms with van der Waals surface area (Å²) < 4.78 is 13.1. The number of aromatic nitrogens is 2. The summed E-state index contributed by atoms with van der Waals surface area (Å²) in [6, 6.07) is 6.00. The van der Waals surface area contributed by atoms with Crippen LogP contribution in [0.4, 0.5) is 10.1 Å². The number of nitrogens with one attached hydrogen (secondary N) is 2. The van der Waals surface area contributed by atoms with Crippen molar-refractivity contribution in [3.8, 4) is 0 Å². The topological polar surface area (TPSA) is 84.0 Å². The fraction of sp³-hybridized carbons (Fsp3) is 0.333. The van der Waals surface area contributed by atoms with Crippen molar-refractivity contribution >= 4 is 40.6 Å². The van der Waals surface area contributed by atoms with E-state index in [2.05, 4.69) is 20.8 Å². The number of thioether (sulfide) groups is 1. The number of hydrogen-bond acceptors (Lipinski definition) is 6. The zero-order valence-corrected chi connectivity index (χ0v) is 14.3. The average molecular weight is 366 g/mol. The number of benzene rings is 1. The maximum atomic E-state index is 13.1. The Kier molecular flexibility index (Phi) is 5.41. The molecule has 1 fully saturated rings. The highest BCUT2D eigenvalue weighted by atomic mass is 32.2. The molecule has 6 nitrogen and oxygen atoms in total. The van der Waals surface area contributed by atoms with Gasteiger partial charge in [0.15, 0.2) is 0 Å². The monoisotopic (exact) mass is 366 g/mol. The molecule has 24 heavy (non-hydrogen) atoms. The van der Waals surface area contributed by atoms with Crippen molar-refractivity contribution in [2.75, 3.05) is 11.1 Å². The van der Waals surface area contributed by atoms with Gasteiger partial charge in [-0.1, -0.05) is 17.4 Å². The van der Waals surface area contributed by atoms with E-state index in [4.69, 9.17) is 0 Å². The van der Waals surface area contributed by atoms with E-state index in [1.807, 2.05) is 0 Å². The molecule has 0 saturated heterocycles. The highest BCUT2D eigenvalue weighted by Gasteiger charge is 2.23. The van der Waals surface area contributed by atoms with Gasteiger partial charge in [0.1, 0.15) is 10.8 Å². The molecule has 0 aliphatic heterocycles. The van der Waals surface area contributed by atoms with Crippen LogP contribution in [0.3, 0.4) is 0 Å². The van der Waals surface area contributed by atoms with Gasteiger partial charge in [0.25, 0.3) is 5.91 Å². The zero-order valence-electron chi connectivity index (χ0n) is 12.6. The van der Waals surface area contributed by atoms with E-state index >= 15 is 0 Å². The van der Waals surface area contributed by atoms with Crippen LogP contribution in [0.5, 0.6) is 0 Å². The van der Waals surface area contributed by atoms with E-state index in [0.29, 0.717) is 28.2 Å². The van der Waals surface area contributed by atoms with Gasteiger partial charge in [-0.2, -0.15) is 0 Å². The third-order valence-corrected chi connectivity index (χ3v) is 5.19. The zero-order chi connectivity index (χ0) is 16.9. The molecule has 1 aromatic heterocycles. The molecule has 2 N–H and O–H groups in total. The molecule has 1 saturated carbocycles. The molecule has 1 aliphatic carbocycles. The SMILES string of the molecule is O=C(CSCc1nnc(C(=O)Nc2cccc(F)c2)s1)NC1CC1. The van der Waals surface area contributed by atoms with Crippen molar-refractivity contribution in [3.63, 3.8) is 0 Å². The van der Waals surface area contributed by atoms with Gasteiger partial charge in [-0.3, -0.25) is 9.59 Å². The second kappa shape index (κ2) is 7.71. The van der Waals surface area contributed by atoms with E-state index in [1.54, 1.807) is 6.07 Å². The van der Waals surface area contributed by atoms with Crippen molar-refractivity contribution in [1.29, 1.82) is 0 Å². The number of carbonyl (C=O) groups excluding carboxylic acids is 2. The number of rotatable bonds is 7. The van der Waals surface area contributed by atoms with Crippen molar-refractivity contribution in [2.45, 2.75) is 24.6 Å². The molecule has 3 rings (SSSR count). The van der Waals surface area contributed by atoms with Crippen LogP contribution < -0.4 is 10.6 Å². The minimum atomic E-state index is -0.430. The van der Waals surface area contributed by atoms with Gasteiger partial charge in [-0.05, 0) is 31.0 Å². The standard InChI is InChI=1S/C15H15FN4O2S2/c16-9-2-1-3-11(6-9)18-14(22)15-20-19-13(24-15)8-23-7-12(21)17-10-4-5-10/h1-3,6,10H,4-5,7-8H2,(H,17,21)(H,18,22).